The zero-order valence-electron chi connectivity index (χ0n) is 22.6. The van der Waals surface area contributed by atoms with Crippen molar-refractivity contribution in [3.63, 3.8) is 0 Å². The number of benzene rings is 2. The van der Waals surface area contributed by atoms with Crippen molar-refractivity contribution in [3.05, 3.63) is 82.9 Å². The van der Waals surface area contributed by atoms with E-state index in [0.29, 0.717) is 28.6 Å². The Labute approximate surface area is 235 Å². The third-order valence-electron chi connectivity index (χ3n) is 8.25. The lowest BCUT2D eigenvalue weighted by Gasteiger charge is -2.32. The molecule has 41 heavy (non-hydrogen) atoms. The number of aromatic nitrogens is 4. The predicted molar refractivity (Wildman–Crippen MR) is 150 cm³/mol. The van der Waals surface area contributed by atoms with Crippen molar-refractivity contribution < 1.29 is 23.1 Å². The minimum absolute atomic E-state index is 0.0481. The summed E-state index contributed by atoms with van der Waals surface area (Å²) >= 11 is 0. The summed E-state index contributed by atoms with van der Waals surface area (Å²) in [6.07, 6.45) is 1.44. The molecular weight excluding hydrogens is 531 g/mol. The average Bonchev–Trinajstić information content (AvgIpc) is 3.53. The summed E-state index contributed by atoms with van der Waals surface area (Å²) in [6, 6.07) is 15.2. The highest BCUT2D eigenvalue weighted by Crippen LogP contribution is 2.41. The topological polar surface area (TPSA) is 92.9 Å². The van der Waals surface area contributed by atoms with Gasteiger partial charge in [0.05, 0.1) is 5.56 Å². The second-order valence-electron chi connectivity index (χ2n) is 10.9. The third-order valence-corrected chi connectivity index (χ3v) is 8.25. The van der Waals surface area contributed by atoms with Gasteiger partial charge in [-0.25, -0.2) is 19.7 Å². The molecule has 1 unspecified atom stereocenters. The van der Waals surface area contributed by atoms with Gasteiger partial charge in [0.25, 0.3) is 0 Å². The van der Waals surface area contributed by atoms with Crippen LogP contribution in [0.2, 0.25) is 0 Å². The Bertz CT molecular complexity index is 1620. The van der Waals surface area contributed by atoms with Crippen LogP contribution in [0.1, 0.15) is 78.6 Å². The van der Waals surface area contributed by atoms with E-state index >= 15 is 0 Å². The average molecular weight is 562 g/mol. The van der Waals surface area contributed by atoms with E-state index in [1.54, 1.807) is 0 Å². The van der Waals surface area contributed by atoms with Crippen LogP contribution in [0.3, 0.4) is 0 Å². The van der Waals surface area contributed by atoms with Gasteiger partial charge in [-0.15, -0.1) is 0 Å². The smallest absolute Gasteiger partial charge is 0.416 e. The maximum absolute atomic E-state index is 13.3. The Kier molecular flexibility index (Phi) is 7.01. The number of nitrogens with one attached hydrogen (secondary N) is 1. The molecule has 2 aromatic heterocycles. The Balaban J connectivity index is 1.54. The van der Waals surface area contributed by atoms with E-state index < -0.39 is 17.7 Å². The molecule has 1 atom stereocenters. The van der Waals surface area contributed by atoms with E-state index in [-0.39, 0.29) is 24.1 Å². The monoisotopic (exact) mass is 561 g/mol. The molecule has 6 rings (SSSR count). The van der Waals surface area contributed by atoms with Crippen LogP contribution >= 0.6 is 0 Å². The Morgan fingerprint density at radius 2 is 1.71 bits per heavy atom. The number of anilines is 1. The number of hydrogen-bond donors (Lipinski definition) is 2. The molecule has 0 spiro atoms. The quantitative estimate of drug-likeness (QED) is 0.235. The van der Waals surface area contributed by atoms with Crippen molar-refractivity contribution in [2.75, 3.05) is 5.32 Å². The van der Waals surface area contributed by atoms with Gasteiger partial charge in [-0.05, 0) is 79.4 Å². The maximum atomic E-state index is 13.3. The highest BCUT2D eigenvalue weighted by atomic mass is 19.4. The molecule has 0 aliphatic heterocycles. The van der Waals surface area contributed by atoms with Crippen molar-refractivity contribution in [3.8, 4) is 0 Å². The van der Waals surface area contributed by atoms with Gasteiger partial charge in [-0.3, -0.25) is 0 Å². The summed E-state index contributed by atoms with van der Waals surface area (Å²) in [5, 5.41) is 13.2. The number of carboxylic acid groups (broad SMARTS) is 1. The summed E-state index contributed by atoms with van der Waals surface area (Å²) in [4.78, 5) is 25.6. The number of hydrogen-bond acceptors (Lipinski definition) is 5. The Morgan fingerprint density at radius 3 is 2.34 bits per heavy atom. The Morgan fingerprint density at radius 1 is 1.00 bits per heavy atom. The summed E-state index contributed by atoms with van der Waals surface area (Å²) in [6.45, 7) is 2.28. The van der Waals surface area contributed by atoms with Crippen LogP contribution in [0.4, 0.5) is 19.0 Å². The molecular formula is C31H30F3N5O2. The second-order valence-corrected chi connectivity index (χ2v) is 10.9. The molecule has 0 bridgehead atoms. The molecule has 2 aliphatic carbocycles. The van der Waals surface area contributed by atoms with E-state index in [4.69, 9.17) is 4.98 Å². The normalized spacial score (nSPS) is 16.7. The minimum atomic E-state index is -4.43. The lowest BCUT2D eigenvalue weighted by atomic mass is 9.80. The summed E-state index contributed by atoms with van der Waals surface area (Å²) in [5.74, 6) is -0.156. The van der Waals surface area contributed by atoms with E-state index in [9.17, 15) is 23.1 Å². The van der Waals surface area contributed by atoms with Crippen LogP contribution < -0.4 is 5.32 Å². The minimum Gasteiger partial charge on any atom is -0.475 e. The number of carboxylic acids is 1. The van der Waals surface area contributed by atoms with Gasteiger partial charge < -0.3 is 15.0 Å². The van der Waals surface area contributed by atoms with Crippen LogP contribution in [0.25, 0.3) is 22.3 Å². The lowest BCUT2D eigenvalue weighted by molar-refractivity contribution is -0.137. The summed E-state index contributed by atoms with van der Waals surface area (Å²) in [7, 11) is 0. The van der Waals surface area contributed by atoms with Crippen molar-refractivity contribution in [1.82, 2.24) is 19.5 Å². The number of fused-ring (bicyclic) bond motifs is 1. The zero-order chi connectivity index (χ0) is 28.7. The van der Waals surface area contributed by atoms with E-state index in [1.807, 2.05) is 22.8 Å². The fourth-order valence-electron chi connectivity index (χ4n) is 5.82. The highest BCUT2D eigenvalue weighted by Gasteiger charge is 2.31. The third kappa shape index (κ3) is 5.30. The van der Waals surface area contributed by atoms with Gasteiger partial charge in [0, 0.05) is 12.6 Å². The number of carbonyl (C=O) groups is 1. The maximum Gasteiger partial charge on any atom is 0.416 e. The number of imidazole rings is 1. The first kappa shape index (κ1) is 27.0. The summed E-state index contributed by atoms with van der Waals surface area (Å²) < 4.78 is 41.7. The molecule has 0 radical (unpaired) electrons. The van der Waals surface area contributed by atoms with Gasteiger partial charge in [0.15, 0.2) is 11.5 Å². The van der Waals surface area contributed by atoms with Gasteiger partial charge in [-0.2, -0.15) is 13.2 Å². The van der Waals surface area contributed by atoms with Gasteiger partial charge in [-0.1, -0.05) is 48.9 Å². The molecule has 212 valence electrons. The van der Waals surface area contributed by atoms with Crippen LogP contribution in [0.5, 0.6) is 0 Å². The van der Waals surface area contributed by atoms with Crippen molar-refractivity contribution in [2.24, 2.45) is 5.92 Å². The van der Waals surface area contributed by atoms with Gasteiger partial charge in [0.2, 0.25) is 5.82 Å². The highest BCUT2D eigenvalue weighted by molar-refractivity contribution is 5.96. The molecule has 4 aromatic rings. The molecule has 0 saturated heterocycles. The van der Waals surface area contributed by atoms with Crippen LogP contribution in [-0.2, 0) is 12.7 Å². The molecule has 2 heterocycles. The molecule has 0 amide bonds. The fourth-order valence-corrected chi connectivity index (χ4v) is 5.82. The lowest BCUT2D eigenvalue weighted by Crippen LogP contribution is -2.31. The first-order chi connectivity index (χ1) is 19.7. The number of halogens is 3. The van der Waals surface area contributed by atoms with Crippen molar-refractivity contribution >= 4 is 34.1 Å². The number of allylic oxidation sites excluding steroid dienone is 2. The van der Waals surface area contributed by atoms with E-state index in [2.05, 4.69) is 34.3 Å². The van der Waals surface area contributed by atoms with Crippen molar-refractivity contribution in [1.29, 1.82) is 0 Å². The molecule has 1 saturated carbocycles. The zero-order valence-corrected chi connectivity index (χ0v) is 22.6. The Hall–Kier alpha value is -4.21. The molecule has 2 N–H and O–H groups in total. The number of nitrogens with zero attached hydrogens (tertiary/aromatic N) is 4. The number of alkyl halides is 3. The standard InChI is InChI=1S/C31H30F3N5O2/c1-18(20-9-5-10-20)35-26-25-27(37-28(36-26)30(40)41)38-29(24-12-6-11-23(24)21-7-3-2-4-8-21)39(25)17-19-13-15-22(16-14-19)31(32,33)34/h2-4,7-8,13-16,18,20H,5-6,9-12,17H2,1H3,(H,40,41)(H,35,36,37). The summed E-state index contributed by atoms with van der Waals surface area (Å²) in [5.41, 5.74) is 3.99. The van der Waals surface area contributed by atoms with Crippen LogP contribution in [0, 0.1) is 5.92 Å². The van der Waals surface area contributed by atoms with Gasteiger partial charge >= 0.3 is 12.1 Å². The molecule has 2 aromatic carbocycles. The fraction of sp³-hybridized carbons (Fsp3) is 0.355. The first-order valence-corrected chi connectivity index (χ1v) is 13.9. The second kappa shape index (κ2) is 10.6. The van der Waals surface area contributed by atoms with Crippen molar-refractivity contribution in [2.45, 2.75) is 64.2 Å². The van der Waals surface area contributed by atoms with Crippen LogP contribution in [0.15, 0.2) is 54.6 Å². The van der Waals surface area contributed by atoms with Crippen LogP contribution in [-0.4, -0.2) is 36.6 Å². The SMILES string of the molecule is CC(Nc1nc(C(=O)O)nc2nc(C3=C(c4ccccc4)CCC3)n(Cc3ccc(C(F)(F)F)cc3)c12)C1CCC1. The van der Waals surface area contributed by atoms with E-state index in [0.717, 1.165) is 67.4 Å². The molecule has 7 nitrogen and oxygen atoms in total. The predicted octanol–water partition coefficient (Wildman–Crippen LogP) is 7.29. The number of aromatic carboxylic acids is 1. The molecule has 1 fully saturated rings. The number of rotatable bonds is 8. The first-order valence-electron chi connectivity index (χ1n) is 13.9. The largest absolute Gasteiger partial charge is 0.475 e. The molecule has 10 heteroatoms. The van der Waals surface area contributed by atoms with E-state index in [1.165, 1.54) is 12.1 Å². The molecule has 2 aliphatic rings. The van der Waals surface area contributed by atoms with Gasteiger partial charge in [0.1, 0.15) is 11.3 Å².